The number of fused-ring (bicyclic) bond motifs is 2. The number of hydrogen-bond donors (Lipinski definition) is 1. The average Bonchev–Trinajstić information content (AvgIpc) is 3.76. The first kappa shape index (κ1) is 60.3. The molecule has 0 amide bonds. The molecule has 4 heterocycles. The Morgan fingerprint density at radius 1 is 0.701 bits per heavy atom. The molecule has 364 valence electrons. The monoisotopic (exact) mass is 1120 g/mol. The third-order valence-electron chi connectivity index (χ3n) is 9.09. The van der Waals surface area contributed by atoms with Crippen LogP contribution in [0, 0.1) is 0 Å². The topological polar surface area (TPSA) is 220 Å². The van der Waals surface area contributed by atoms with Crippen molar-refractivity contribution < 1.29 is 57.1 Å². The fraction of sp³-hybridized carbons (Fsp3) is 0.488. The van der Waals surface area contributed by atoms with Crippen LogP contribution in [0.3, 0.4) is 0 Å². The second-order valence-electron chi connectivity index (χ2n) is 15.9. The van der Waals surface area contributed by atoms with E-state index in [1.807, 2.05) is 73.9 Å². The van der Waals surface area contributed by atoms with Gasteiger partial charge in [-0.3, -0.25) is 32.0 Å². The Bertz CT molecular complexity index is 2980. The van der Waals surface area contributed by atoms with Crippen molar-refractivity contribution in [3.8, 4) is 0 Å². The van der Waals surface area contributed by atoms with Crippen LogP contribution in [-0.2, 0) is 60.3 Å². The van der Waals surface area contributed by atoms with Crippen molar-refractivity contribution in [1.82, 2.24) is 37.4 Å². The maximum absolute atomic E-state index is 13.0. The van der Waals surface area contributed by atoms with E-state index in [2.05, 4.69) is 50.7 Å². The fourth-order valence-corrected chi connectivity index (χ4v) is 9.61. The molecule has 2 aromatic carbocycles. The zero-order valence-corrected chi connectivity index (χ0v) is 47.9. The molecule has 1 N–H and O–H groups in total. The first-order chi connectivity index (χ1) is 30.8. The number of imidazole rings is 2. The minimum Gasteiger partial charge on any atom is -0.855 e. The molecule has 0 saturated heterocycles. The van der Waals surface area contributed by atoms with Crippen LogP contribution in [0.5, 0.6) is 0 Å². The molecule has 24 heteroatoms. The first-order valence-electron chi connectivity index (χ1n) is 20.6. The summed E-state index contributed by atoms with van der Waals surface area (Å²) in [6.45, 7) is 15.2. The molecule has 0 aliphatic rings. The molecule has 0 atom stereocenters. The molecule has 0 saturated carbocycles. The second-order valence-corrected chi connectivity index (χ2v) is 22.7. The normalized spacial score (nSPS) is 11.6. The quantitative estimate of drug-likeness (QED) is 0.0932. The van der Waals surface area contributed by atoms with Crippen molar-refractivity contribution in [2.24, 2.45) is 28.2 Å². The van der Waals surface area contributed by atoms with Crippen LogP contribution >= 0.6 is 55.4 Å². The van der Waals surface area contributed by atoms with E-state index in [4.69, 9.17) is 24.1 Å². The van der Waals surface area contributed by atoms with Crippen molar-refractivity contribution in [2.75, 3.05) is 39.3 Å². The Kier molecular flexibility index (Phi) is 23.8. The number of nitrogens with zero attached hydrogens (tertiary/aromatic N) is 8. The smallest absolute Gasteiger partial charge is 0.855 e. The van der Waals surface area contributed by atoms with Gasteiger partial charge in [-0.25, -0.2) is 19.6 Å². The van der Waals surface area contributed by atoms with Gasteiger partial charge in [0.15, 0.2) is 32.6 Å². The number of benzene rings is 2. The van der Waals surface area contributed by atoms with Crippen LogP contribution in [0.25, 0.3) is 22.3 Å². The third kappa shape index (κ3) is 16.7. The Morgan fingerprint density at radius 3 is 1.39 bits per heavy atom. The maximum Gasteiger partial charge on any atom is 1.00 e. The Hall–Kier alpha value is -2.81. The van der Waals surface area contributed by atoms with Gasteiger partial charge in [-0.2, -0.15) is 8.42 Å². The molecule has 0 aliphatic carbocycles. The van der Waals surface area contributed by atoms with E-state index >= 15 is 0 Å². The van der Waals surface area contributed by atoms with E-state index in [-0.39, 0.29) is 71.0 Å². The van der Waals surface area contributed by atoms with Gasteiger partial charge in [0, 0.05) is 59.8 Å². The minimum absolute atomic E-state index is 0. The summed E-state index contributed by atoms with van der Waals surface area (Å²) in [6, 6.07) is 15.6. The maximum atomic E-state index is 13.0. The number of aliphatic hydroxyl groups excluding tert-OH is 1. The van der Waals surface area contributed by atoms with Crippen molar-refractivity contribution >= 4 is 87.8 Å². The molecule has 0 fully saturated rings. The molecule has 0 bridgehead atoms. The van der Waals surface area contributed by atoms with Crippen LogP contribution in [0.4, 0.5) is 0 Å². The first-order valence-corrected chi connectivity index (χ1v) is 25.6. The summed E-state index contributed by atoms with van der Waals surface area (Å²) in [7, 11) is 2.52. The summed E-state index contributed by atoms with van der Waals surface area (Å²) in [5, 5.41) is 17.7. The molecular weight excluding hydrogens is 1070 g/mol. The SMILES string of the molecule is CCO.CCOCC(C)(C)Sc1nc2c(c(=O)n(C)c(=O)n2C)n1Cc1cccc(Br)c1.CC[O-].Cn1c(=O)c2c(nc(SC(C)(C)COS(C)(=O)=O)n2Cc2cccc(Br)c2)n(C)c1=O.[Na+]. The average molecular weight is 1130 g/mol. The summed E-state index contributed by atoms with van der Waals surface area (Å²) in [6.07, 6.45) is 0.996. The van der Waals surface area contributed by atoms with E-state index in [1.54, 1.807) is 44.3 Å². The zero-order chi connectivity index (χ0) is 49.9. The Balaban J connectivity index is 0.000000407. The summed E-state index contributed by atoms with van der Waals surface area (Å²) in [5.41, 5.74) is 1.68. The van der Waals surface area contributed by atoms with Gasteiger partial charge < -0.3 is 24.1 Å². The number of aryl methyl sites for hydroxylation is 2. The van der Waals surface area contributed by atoms with Gasteiger partial charge in [0.1, 0.15) is 0 Å². The standard InChI is InChI=1S/C20H25BrN4O3S.C19H23BrN4O5S2.C2H6O.C2H5O.Na/c1-6-28-12-20(2,3)29-18-22-16-15(17(26)24(5)19(27)23(16)4)25(18)11-13-8-7-9-14(21)10-13;1-19(2,11-29-31(5,27)28)30-17-21-15-14(16(25)23(4)18(26)22(15)3)24(17)10-12-7-6-8-13(20)9-12;2*1-2-3;/h7-10H,6,11-12H2,1-5H3;6-9H,10-11H2,1-5H3;3H,2H2,1H3;2H2,1H3;/q;;;-1;+1. The van der Waals surface area contributed by atoms with E-state index < -0.39 is 26.1 Å². The number of aliphatic hydroxyl groups is 1. The summed E-state index contributed by atoms with van der Waals surface area (Å²) in [4.78, 5) is 60.0. The van der Waals surface area contributed by atoms with Crippen molar-refractivity contribution in [1.29, 1.82) is 0 Å². The van der Waals surface area contributed by atoms with Crippen LogP contribution in [0.15, 0.2) is 87.0 Å². The number of halogens is 2. The Morgan fingerprint density at radius 2 is 1.06 bits per heavy atom. The van der Waals surface area contributed by atoms with Crippen molar-refractivity contribution in [3.05, 3.63) is 110 Å². The van der Waals surface area contributed by atoms with E-state index in [9.17, 15) is 27.6 Å². The van der Waals surface area contributed by atoms with E-state index in [0.717, 1.165) is 35.5 Å². The number of aromatic nitrogens is 8. The van der Waals surface area contributed by atoms with Crippen molar-refractivity contribution in [2.45, 2.75) is 81.4 Å². The molecule has 6 rings (SSSR count). The van der Waals surface area contributed by atoms with Gasteiger partial charge in [-0.1, -0.05) is 86.6 Å². The molecule has 0 aliphatic heterocycles. The molecule has 6 aromatic rings. The predicted octanol–water partition coefficient (Wildman–Crippen LogP) is 1.61. The molecule has 0 unspecified atom stereocenters. The molecule has 67 heavy (non-hydrogen) atoms. The molecular formula is C43H59Br2N8NaO10S3. The largest absolute Gasteiger partial charge is 1.00 e. The molecule has 18 nitrogen and oxygen atoms in total. The number of thioether (sulfide) groups is 2. The minimum atomic E-state index is -3.61. The third-order valence-corrected chi connectivity index (χ3v) is 13.0. The van der Waals surface area contributed by atoms with Crippen LogP contribution in [0.2, 0.25) is 0 Å². The Labute approximate surface area is 437 Å². The molecule has 4 aromatic heterocycles. The van der Waals surface area contributed by atoms with E-state index in [1.165, 1.54) is 35.0 Å². The molecule has 0 radical (unpaired) electrons. The number of rotatable bonds is 14. The van der Waals surface area contributed by atoms with Gasteiger partial charge >= 0.3 is 40.9 Å². The fourth-order valence-electron chi connectivity index (χ4n) is 6.09. The van der Waals surface area contributed by atoms with Gasteiger partial charge in [-0.05, 0) is 76.9 Å². The van der Waals surface area contributed by atoms with Gasteiger partial charge in [-0.15, -0.1) is 6.61 Å². The van der Waals surface area contributed by atoms with Crippen LogP contribution in [0.1, 0.15) is 59.6 Å². The van der Waals surface area contributed by atoms with Crippen LogP contribution in [-0.4, -0.2) is 99.7 Å². The van der Waals surface area contributed by atoms with E-state index in [0.29, 0.717) is 53.3 Å². The van der Waals surface area contributed by atoms with Gasteiger partial charge in [0.25, 0.3) is 21.2 Å². The second kappa shape index (κ2) is 26.4. The molecule has 0 spiro atoms. The summed E-state index contributed by atoms with van der Waals surface area (Å²) < 4.78 is 43.0. The van der Waals surface area contributed by atoms with Gasteiger partial charge in [0.2, 0.25) is 0 Å². The predicted molar refractivity (Wildman–Crippen MR) is 267 cm³/mol. The summed E-state index contributed by atoms with van der Waals surface area (Å²) >= 11 is 9.78. The summed E-state index contributed by atoms with van der Waals surface area (Å²) in [5.74, 6) is 0. The van der Waals surface area contributed by atoms with Gasteiger partial charge in [0.05, 0.1) is 32.6 Å². The number of hydrogen-bond acceptors (Lipinski definition) is 14. The number of ether oxygens (including phenoxy) is 1. The zero-order valence-electron chi connectivity index (χ0n) is 40.2. The van der Waals surface area contributed by atoms with Crippen LogP contribution < -0.4 is 57.2 Å². The van der Waals surface area contributed by atoms with Crippen molar-refractivity contribution in [3.63, 3.8) is 0 Å².